The summed E-state index contributed by atoms with van der Waals surface area (Å²) in [6.45, 7) is 6.40. The van der Waals surface area contributed by atoms with E-state index in [4.69, 9.17) is 10.5 Å². The molecule has 0 saturated carbocycles. The minimum absolute atomic E-state index is 0.0677. The third kappa shape index (κ3) is 2.21. The second-order valence-electron chi connectivity index (χ2n) is 3.56. The van der Waals surface area contributed by atoms with E-state index in [1.165, 1.54) is 0 Å². The largest absolute Gasteiger partial charge is 0.352 e. The molecule has 74 valence electrons. The Morgan fingerprint density at radius 3 is 2.69 bits per heavy atom. The molecule has 1 saturated heterocycles. The Morgan fingerprint density at radius 1 is 1.62 bits per heavy atom. The lowest BCUT2D eigenvalue weighted by molar-refractivity contribution is 0.0878. The molecule has 1 heterocycles. The zero-order valence-corrected chi connectivity index (χ0v) is 8.28. The fourth-order valence-corrected chi connectivity index (χ4v) is 1.41. The van der Waals surface area contributed by atoms with Gasteiger partial charge in [-0.25, -0.2) is 4.79 Å². The van der Waals surface area contributed by atoms with Crippen LogP contribution in [0.1, 0.15) is 20.8 Å². The molecule has 0 bridgehead atoms. The van der Waals surface area contributed by atoms with E-state index >= 15 is 0 Å². The molecule has 0 aliphatic carbocycles. The molecule has 2 N–H and O–H groups in total. The Balaban J connectivity index is 2.76. The van der Waals surface area contributed by atoms with Crippen molar-refractivity contribution in [2.75, 3.05) is 6.61 Å². The van der Waals surface area contributed by atoms with E-state index in [0.717, 1.165) is 5.57 Å². The van der Waals surface area contributed by atoms with Gasteiger partial charge < -0.3 is 10.5 Å². The van der Waals surface area contributed by atoms with Gasteiger partial charge in [0.05, 0.1) is 12.6 Å². The lowest BCUT2D eigenvalue weighted by Gasteiger charge is -2.22. The summed E-state index contributed by atoms with van der Waals surface area (Å²) in [6, 6.07) is -0.356. The van der Waals surface area contributed by atoms with Crippen molar-refractivity contribution in [1.82, 2.24) is 4.90 Å². The van der Waals surface area contributed by atoms with Gasteiger partial charge in [0.2, 0.25) is 0 Å². The van der Waals surface area contributed by atoms with Crippen molar-refractivity contribution in [3.63, 3.8) is 0 Å². The minimum Gasteiger partial charge on any atom is -0.352 e. The van der Waals surface area contributed by atoms with Crippen LogP contribution in [0.25, 0.3) is 0 Å². The number of nitrogens with zero attached hydrogens (tertiary/aromatic N) is 1. The van der Waals surface area contributed by atoms with Crippen LogP contribution in [-0.2, 0) is 4.74 Å². The predicted molar refractivity (Wildman–Crippen MR) is 50.1 cm³/mol. The summed E-state index contributed by atoms with van der Waals surface area (Å²) in [5.41, 5.74) is 6.35. The highest BCUT2D eigenvalue weighted by atomic mass is 16.5. The zero-order chi connectivity index (χ0) is 10.0. The molecule has 1 aliphatic rings. The third-order valence-corrected chi connectivity index (χ3v) is 1.99. The van der Waals surface area contributed by atoms with E-state index in [9.17, 15) is 4.79 Å². The van der Waals surface area contributed by atoms with Crippen molar-refractivity contribution in [2.45, 2.75) is 33.0 Å². The highest BCUT2D eigenvalue weighted by Gasteiger charge is 2.32. The molecule has 0 spiro atoms. The molecule has 2 amide bonds. The van der Waals surface area contributed by atoms with Crippen LogP contribution < -0.4 is 5.73 Å². The van der Waals surface area contributed by atoms with Crippen molar-refractivity contribution in [1.29, 1.82) is 0 Å². The molecular formula is C9H16N2O2. The summed E-state index contributed by atoms with van der Waals surface area (Å²) >= 11 is 0. The number of allylic oxidation sites excluding steroid dienone is 1. The molecule has 4 nitrogen and oxygen atoms in total. The maximum atomic E-state index is 11.0. The summed E-state index contributed by atoms with van der Waals surface area (Å²) in [5.74, 6) is 0. The fourth-order valence-electron chi connectivity index (χ4n) is 1.41. The molecule has 4 heteroatoms. The quantitative estimate of drug-likeness (QED) is 0.620. The van der Waals surface area contributed by atoms with Crippen LogP contribution in [0.5, 0.6) is 0 Å². The number of rotatable bonds is 1. The average Bonchev–Trinajstić information content (AvgIpc) is 2.30. The number of nitrogens with two attached hydrogens (primary N) is 1. The molecule has 1 rings (SSSR count). The Kier molecular flexibility index (Phi) is 2.93. The number of hydrogen-bond donors (Lipinski definition) is 1. The van der Waals surface area contributed by atoms with E-state index in [1.807, 2.05) is 26.8 Å². The monoisotopic (exact) mass is 184 g/mol. The van der Waals surface area contributed by atoms with Crippen LogP contribution >= 0.6 is 0 Å². The van der Waals surface area contributed by atoms with Gasteiger partial charge in [0.1, 0.15) is 0 Å². The van der Waals surface area contributed by atoms with Crippen molar-refractivity contribution in [3.8, 4) is 0 Å². The van der Waals surface area contributed by atoms with Crippen molar-refractivity contribution in [3.05, 3.63) is 11.6 Å². The highest BCUT2D eigenvalue weighted by molar-refractivity contribution is 5.73. The van der Waals surface area contributed by atoms with Gasteiger partial charge in [0.15, 0.2) is 6.23 Å². The molecule has 0 radical (unpaired) electrons. The van der Waals surface area contributed by atoms with Crippen LogP contribution in [0.3, 0.4) is 0 Å². The van der Waals surface area contributed by atoms with E-state index in [0.29, 0.717) is 6.61 Å². The Bertz CT molecular complexity index is 234. The van der Waals surface area contributed by atoms with E-state index in [1.54, 1.807) is 4.90 Å². The fraction of sp³-hybridized carbons (Fsp3) is 0.667. The molecule has 0 aromatic heterocycles. The number of carbonyl (C=O) groups is 1. The molecular weight excluding hydrogens is 168 g/mol. The molecule has 0 aromatic rings. The second kappa shape index (κ2) is 3.79. The first-order chi connectivity index (χ1) is 6.02. The number of primary amides is 1. The van der Waals surface area contributed by atoms with Gasteiger partial charge in [-0.05, 0) is 26.8 Å². The van der Waals surface area contributed by atoms with Crippen LogP contribution in [0, 0.1) is 0 Å². The van der Waals surface area contributed by atoms with Crippen LogP contribution in [0.15, 0.2) is 11.6 Å². The van der Waals surface area contributed by atoms with Crippen LogP contribution in [0.2, 0.25) is 0 Å². The summed E-state index contributed by atoms with van der Waals surface area (Å²) in [7, 11) is 0. The minimum atomic E-state index is -0.424. The molecule has 1 fully saturated rings. The molecule has 13 heavy (non-hydrogen) atoms. The van der Waals surface area contributed by atoms with Crippen LogP contribution in [-0.4, -0.2) is 29.8 Å². The highest BCUT2D eigenvalue weighted by Crippen LogP contribution is 2.18. The Hall–Kier alpha value is -1.03. The summed E-state index contributed by atoms with van der Waals surface area (Å²) in [4.78, 5) is 12.6. The first kappa shape index (κ1) is 10.1. The average molecular weight is 184 g/mol. The van der Waals surface area contributed by atoms with Gasteiger partial charge >= 0.3 is 6.03 Å². The van der Waals surface area contributed by atoms with Crippen molar-refractivity contribution >= 4 is 6.03 Å². The smallest absolute Gasteiger partial charge is 0.317 e. The Labute approximate surface area is 78.3 Å². The SMILES string of the molecule is CC(C)=CC1OCC(C)N1C(N)=O. The number of carbonyl (C=O) groups excluding carboxylic acids is 1. The molecule has 2 unspecified atom stereocenters. The number of ether oxygens (including phenoxy) is 1. The lowest BCUT2D eigenvalue weighted by Crippen LogP contribution is -2.43. The molecule has 2 atom stereocenters. The topological polar surface area (TPSA) is 55.6 Å². The summed E-state index contributed by atoms with van der Waals surface area (Å²) in [6.07, 6.45) is 1.62. The zero-order valence-electron chi connectivity index (χ0n) is 8.28. The molecule has 1 aliphatic heterocycles. The molecule has 0 aromatic carbocycles. The van der Waals surface area contributed by atoms with Gasteiger partial charge in [-0.1, -0.05) is 5.57 Å². The number of hydrogen-bond acceptors (Lipinski definition) is 2. The van der Waals surface area contributed by atoms with Gasteiger partial charge in [-0.15, -0.1) is 0 Å². The number of urea groups is 1. The standard InChI is InChI=1S/C9H16N2O2/c1-6(2)4-8-11(9(10)12)7(3)5-13-8/h4,7-8H,5H2,1-3H3,(H2,10,12). The van der Waals surface area contributed by atoms with Gasteiger partial charge in [0.25, 0.3) is 0 Å². The maximum Gasteiger partial charge on any atom is 0.317 e. The normalized spacial score (nSPS) is 27.5. The van der Waals surface area contributed by atoms with Crippen molar-refractivity contribution < 1.29 is 9.53 Å². The summed E-state index contributed by atoms with van der Waals surface area (Å²) < 4.78 is 5.40. The lowest BCUT2D eigenvalue weighted by atomic mass is 10.3. The Morgan fingerprint density at radius 2 is 2.23 bits per heavy atom. The van der Waals surface area contributed by atoms with Gasteiger partial charge in [0, 0.05) is 0 Å². The van der Waals surface area contributed by atoms with E-state index in [2.05, 4.69) is 0 Å². The number of amides is 2. The van der Waals surface area contributed by atoms with E-state index < -0.39 is 6.03 Å². The van der Waals surface area contributed by atoms with Gasteiger partial charge in [-0.3, -0.25) is 4.90 Å². The van der Waals surface area contributed by atoms with Crippen molar-refractivity contribution in [2.24, 2.45) is 5.73 Å². The summed E-state index contributed by atoms with van der Waals surface area (Å²) in [5, 5.41) is 0. The second-order valence-corrected chi connectivity index (χ2v) is 3.56. The predicted octanol–water partition coefficient (Wildman–Crippen LogP) is 1.08. The third-order valence-electron chi connectivity index (χ3n) is 1.99. The first-order valence-electron chi connectivity index (χ1n) is 4.36. The van der Waals surface area contributed by atoms with Gasteiger partial charge in [-0.2, -0.15) is 0 Å². The van der Waals surface area contributed by atoms with Crippen LogP contribution in [0.4, 0.5) is 4.79 Å². The van der Waals surface area contributed by atoms with E-state index in [-0.39, 0.29) is 12.3 Å². The maximum absolute atomic E-state index is 11.0. The first-order valence-corrected chi connectivity index (χ1v) is 4.36.